The van der Waals surface area contributed by atoms with Gasteiger partial charge in [0, 0.05) is 22.5 Å². The van der Waals surface area contributed by atoms with Crippen molar-refractivity contribution in [2.45, 2.75) is 88.9 Å². The van der Waals surface area contributed by atoms with Gasteiger partial charge in [-0.25, -0.2) is 0 Å². The highest BCUT2D eigenvalue weighted by Gasteiger charge is 2.61. The molecule has 0 unspecified atom stereocenters. The van der Waals surface area contributed by atoms with Gasteiger partial charge in [-0.1, -0.05) is 149 Å². The summed E-state index contributed by atoms with van der Waals surface area (Å²) in [5.74, 6) is 3.41. The summed E-state index contributed by atoms with van der Waals surface area (Å²) in [6, 6.07) is 62.6. The third-order valence-corrected chi connectivity index (χ3v) is 16.5. The lowest BCUT2D eigenvalue weighted by molar-refractivity contribution is -0.0399. The molecule has 6 aliphatic carbocycles. The van der Waals surface area contributed by atoms with Gasteiger partial charge in [0.1, 0.15) is 0 Å². The number of anilines is 3. The van der Waals surface area contributed by atoms with E-state index in [0.29, 0.717) is 0 Å². The molecule has 4 fully saturated rings. The van der Waals surface area contributed by atoms with Crippen molar-refractivity contribution < 1.29 is 0 Å². The summed E-state index contributed by atoms with van der Waals surface area (Å²) in [5, 5.41) is 0. The van der Waals surface area contributed by atoms with Gasteiger partial charge in [0.05, 0.1) is 0 Å². The van der Waals surface area contributed by atoms with E-state index in [1.54, 1.807) is 11.1 Å². The van der Waals surface area contributed by atoms with Gasteiger partial charge < -0.3 is 4.90 Å². The molecule has 0 saturated heterocycles. The Morgan fingerprint density at radius 1 is 0.377 bits per heavy atom. The maximum Gasteiger partial charge on any atom is 0.0467 e. The molecule has 13 rings (SSSR count). The maximum absolute atomic E-state index is 2.62. The van der Waals surface area contributed by atoms with Crippen LogP contribution in [0.2, 0.25) is 0 Å². The number of benzene rings is 7. The van der Waals surface area contributed by atoms with Crippen molar-refractivity contribution >= 4 is 17.1 Å². The predicted molar refractivity (Wildman–Crippen MR) is 256 cm³/mol. The van der Waals surface area contributed by atoms with Crippen molar-refractivity contribution in [3.63, 3.8) is 0 Å². The van der Waals surface area contributed by atoms with Crippen LogP contribution in [0.5, 0.6) is 0 Å². The van der Waals surface area contributed by atoms with E-state index in [1.165, 1.54) is 106 Å². The Morgan fingerprint density at radius 3 is 1.61 bits per heavy atom. The Balaban J connectivity index is 0.951. The second-order valence-electron chi connectivity index (χ2n) is 20.8. The minimum atomic E-state index is 0.107. The van der Waals surface area contributed by atoms with E-state index < -0.39 is 0 Å². The number of rotatable bonds is 6. The Kier molecular flexibility index (Phi) is 8.32. The summed E-state index contributed by atoms with van der Waals surface area (Å²) in [6.07, 6.45) is 9.51. The van der Waals surface area contributed by atoms with Crippen LogP contribution < -0.4 is 4.90 Å². The molecule has 0 atom stereocenters. The highest BCUT2D eigenvalue weighted by molar-refractivity contribution is 5.86. The fourth-order valence-electron chi connectivity index (χ4n) is 13.8. The molecule has 1 spiro atoms. The second-order valence-corrected chi connectivity index (χ2v) is 20.8. The van der Waals surface area contributed by atoms with E-state index in [-0.39, 0.29) is 16.2 Å². The van der Waals surface area contributed by atoms with Crippen LogP contribution in [0.25, 0.3) is 44.5 Å². The zero-order valence-corrected chi connectivity index (χ0v) is 36.3. The molecule has 0 amide bonds. The van der Waals surface area contributed by atoms with Crippen molar-refractivity contribution in [2.75, 3.05) is 4.90 Å². The van der Waals surface area contributed by atoms with Gasteiger partial charge in [-0.05, 0) is 189 Å². The Hall–Kier alpha value is -5.66. The van der Waals surface area contributed by atoms with E-state index in [9.17, 15) is 0 Å². The Labute approximate surface area is 363 Å². The summed E-state index contributed by atoms with van der Waals surface area (Å²) in [6.45, 7) is 9.74. The number of fused-ring (bicyclic) bond motifs is 4. The molecule has 1 nitrogen and oxygen atoms in total. The van der Waals surface area contributed by atoms with Crippen LogP contribution in [0.4, 0.5) is 17.1 Å². The quantitative estimate of drug-likeness (QED) is 0.162. The van der Waals surface area contributed by atoms with Gasteiger partial charge in [-0.3, -0.25) is 0 Å². The second kappa shape index (κ2) is 13.7. The number of hydrogen-bond donors (Lipinski definition) is 0. The van der Waals surface area contributed by atoms with E-state index in [1.807, 2.05) is 0 Å². The number of hydrogen-bond acceptors (Lipinski definition) is 1. The van der Waals surface area contributed by atoms with Gasteiger partial charge in [0.2, 0.25) is 0 Å². The van der Waals surface area contributed by atoms with Crippen LogP contribution in [-0.4, -0.2) is 0 Å². The molecule has 7 aromatic rings. The maximum atomic E-state index is 2.62. The standard InChI is InChI=1S/C60H57N/c1-58(2)30-31-59(3,4)57-51(17-11-19-55(57)58)45-14-10-15-50(37-45)61(48-25-20-42(21-26-48)41-12-6-5-7-13-41)49-27-22-43(23-28-49)44-24-29-53-52-16-8-9-18-54(52)60(56(53)38-44)46-33-39-32-40(35-46)36-47(60)34-39/h5-29,37-40,46-47H,30-36H2,1-4H3. The van der Waals surface area contributed by atoms with Gasteiger partial charge >= 0.3 is 0 Å². The molecule has 0 aliphatic heterocycles. The fraction of sp³-hybridized carbons (Fsp3) is 0.300. The van der Waals surface area contributed by atoms with Crippen LogP contribution in [0.3, 0.4) is 0 Å². The molecule has 6 aliphatic rings. The minimum Gasteiger partial charge on any atom is -0.310 e. The normalized spacial score (nSPS) is 24.6. The average molecular weight is 792 g/mol. The lowest BCUT2D eigenvalue weighted by atomic mass is 9.43. The monoisotopic (exact) mass is 791 g/mol. The molecule has 7 aromatic carbocycles. The highest BCUT2D eigenvalue weighted by Crippen LogP contribution is 2.69. The van der Waals surface area contributed by atoms with Gasteiger partial charge in [-0.15, -0.1) is 0 Å². The summed E-state index contributed by atoms with van der Waals surface area (Å²) in [5.41, 5.74) is 20.9. The highest BCUT2D eigenvalue weighted by atomic mass is 15.1. The molecule has 0 heterocycles. The third-order valence-electron chi connectivity index (χ3n) is 16.5. The smallest absolute Gasteiger partial charge is 0.0467 e. The molecular formula is C60H57N. The number of nitrogens with zero attached hydrogens (tertiary/aromatic N) is 1. The van der Waals surface area contributed by atoms with E-state index in [0.717, 1.165) is 35.0 Å². The molecule has 0 aromatic heterocycles. The molecule has 0 radical (unpaired) electrons. The predicted octanol–water partition coefficient (Wildman–Crippen LogP) is 16.2. The van der Waals surface area contributed by atoms with Gasteiger partial charge in [0.15, 0.2) is 0 Å². The minimum absolute atomic E-state index is 0.107. The lowest BCUT2D eigenvalue weighted by Gasteiger charge is -2.61. The lowest BCUT2D eigenvalue weighted by Crippen LogP contribution is -2.55. The first-order chi connectivity index (χ1) is 29.7. The summed E-state index contributed by atoms with van der Waals surface area (Å²) in [7, 11) is 0. The summed E-state index contributed by atoms with van der Waals surface area (Å²) < 4.78 is 0. The molecule has 1 heteroatoms. The average Bonchev–Trinajstić information content (AvgIpc) is 3.58. The topological polar surface area (TPSA) is 3.24 Å². The molecule has 4 saturated carbocycles. The first-order valence-electron chi connectivity index (χ1n) is 23.2. The SMILES string of the molecule is CC1(C)CCC(C)(C)c2c(-c3cccc(N(c4ccc(-c5ccccc5)cc4)c4ccc(-c5ccc6c(c5)C5(c7ccccc7-6)C6CC7CC(C6)CC5C7)cc4)c3)cccc21. The molecule has 302 valence electrons. The van der Waals surface area contributed by atoms with Crippen LogP contribution >= 0.6 is 0 Å². The van der Waals surface area contributed by atoms with Crippen LogP contribution in [0.1, 0.15) is 94.9 Å². The third kappa shape index (κ3) is 5.72. The van der Waals surface area contributed by atoms with E-state index in [2.05, 4.69) is 196 Å². The van der Waals surface area contributed by atoms with Gasteiger partial charge in [-0.2, -0.15) is 0 Å². The van der Waals surface area contributed by atoms with Crippen molar-refractivity contribution in [1.29, 1.82) is 0 Å². The summed E-state index contributed by atoms with van der Waals surface area (Å²) >= 11 is 0. The Bertz CT molecular complexity index is 2780. The van der Waals surface area contributed by atoms with Crippen LogP contribution in [0.15, 0.2) is 164 Å². The van der Waals surface area contributed by atoms with Crippen LogP contribution in [-0.2, 0) is 16.2 Å². The zero-order chi connectivity index (χ0) is 41.1. The molecular weight excluding hydrogens is 735 g/mol. The largest absolute Gasteiger partial charge is 0.310 e. The van der Waals surface area contributed by atoms with E-state index >= 15 is 0 Å². The van der Waals surface area contributed by atoms with Crippen molar-refractivity contribution in [1.82, 2.24) is 0 Å². The molecule has 61 heavy (non-hydrogen) atoms. The van der Waals surface area contributed by atoms with E-state index in [4.69, 9.17) is 0 Å². The van der Waals surface area contributed by atoms with Crippen molar-refractivity contribution in [2.24, 2.45) is 23.7 Å². The van der Waals surface area contributed by atoms with Crippen LogP contribution in [0, 0.1) is 23.7 Å². The molecule has 0 N–H and O–H groups in total. The van der Waals surface area contributed by atoms with Gasteiger partial charge in [0.25, 0.3) is 0 Å². The first kappa shape index (κ1) is 37.1. The fourth-order valence-corrected chi connectivity index (χ4v) is 13.8. The Morgan fingerprint density at radius 2 is 0.902 bits per heavy atom. The molecule has 4 bridgehead atoms. The van der Waals surface area contributed by atoms with Crippen molar-refractivity contribution in [3.8, 4) is 44.5 Å². The van der Waals surface area contributed by atoms with Crippen molar-refractivity contribution in [3.05, 3.63) is 186 Å². The zero-order valence-electron chi connectivity index (χ0n) is 36.3. The summed E-state index contributed by atoms with van der Waals surface area (Å²) in [4.78, 5) is 2.45. The first-order valence-corrected chi connectivity index (χ1v) is 23.2.